The highest BCUT2D eigenvalue weighted by molar-refractivity contribution is 9.10. The van der Waals surface area contributed by atoms with Crippen molar-refractivity contribution in [2.75, 3.05) is 13.2 Å². The van der Waals surface area contributed by atoms with E-state index in [1.54, 1.807) is 30.3 Å². The molecule has 2 rings (SSSR count). The first kappa shape index (κ1) is 20.3. The zero-order valence-corrected chi connectivity index (χ0v) is 16.6. The van der Waals surface area contributed by atoms with Crippen molar-refractivity contribution in [2.45, 2.75) is 0 Å². The van der Waals surface area contributed by atoms with E-state index >= 15 is 0 Å². The third kappa shape index (κ3) is 6.05. The molecule has 0 unspecified atom stereocenters. The molecule has 5 nitrogen and oxygen atoms in total. The van der Waals surface area contributed by atoms with Gasteiger partial charge < -0.3 is 9.47 Å². The number of nitrogens with one attached hydrogen (secondary N) is 1. The van der Waals surface area contributed by atoms with E-state index < -0.39 is 5.91 Å². The summed E-state index contributed by atoms with van der Waals surface area (Å²) >= 11 is 15.3. The Morgan fingerprint density at radius 3 is 2.81 bits per heavy atom. The highest BCUT2D eigenvalue weighted by Gasteiger charge is 2.08. The van der Waals surface area contributed by atoms with Crippen LogP contribution in [0.1, 0.15) is 5.56 Å². The van der Waals surface area contributed by atoms with Gasteiger partial charge in [-0.05, 0) is 30.3 Å². The van der Waals surface area contributed by atoms with Crippen molar-refractivity contribution < 1.29 is 14.3 Å². The zero-order valence-electron chi connectivity index (χ0n) is 13.5. The summed E-state index contributed by atoms with van der Waals surface area (Å²) in [5, 5.41) is 4.52. The lowest BCUT2D eigenvalue weighted by molar-refractivity contribution is -0.123. The van der Waals surface area contributed by atoms with E-state index in [9.17, 15) is 4.79 Å². The highest BCUT2D eigenvalue weighted by atomic mass is 79.9. The van der Waals surface area contributed by atoms with Gasteiger partial charge in [-0.25, -0.2) is 5.43 Å². The van der Waals surface area contributed by atoms with Gasteiger partial charge in [-0.15, -0.1) is 0 Å². The average molecular weight is 458 g/mol. The molecule has 0 aliphatic carbocycles. The van der Waals surface area contributed by atoms with Crippen LogP contribution in [0.3, 0.4) is 0 Å². The molecule has 0 fully saturated rings. The van der Waals surface area contributed by atoms with Crippen molar-refractivity contribution in [2.24, 2.45) is 5.10 Å². The minimum absolute atomic E-state index is 0.253. The molecule has 0 atom stereocenters. The summed E-state index contributed by atoms with van der Waals surface area (Å²) in [6.45, 7) is 3.72. The van der Waals surface area contributed by atoms with E-state index in [0.29, 0.717) is 28.7 Å². The zero-order chi connectivity index (χ0) is 18.9. The first-order valence-electron chi connectivity index (χ1n) is 7.43. The normalized spacial score (nSPS) is 10.6. The van der Waals surface area contributed by atoms with Gasteiger partial charge in [0.15, 0.2) is 6.61 Å². The van der Waals surface area contributed by atoms with Crippen LogP contribution >= 0.6 is 39.1 Å². The van der Waals surface area contributed by atoms with Gasteiger partial charge in [-0.3, -0.25) is 4.79 Å². The third-order valence-corrected chi connectivity index (χ3v) is 4.29. The lowest BCUT2D eigenvalue weighted by Crippen LogP contribution is -2.24. The van der Waals surface area contributed by atoms with Crippen LogP contribution in [0.4, 0.5) is 0 Å². The molecule has 26 heavy (non-hydrogen) atoms. The Hall–Kier alpha value is -2.02. The molecule has 2 aromatic rings. The number of carbonyl (C=O) groups excluding carboxylic acids is 1. The maximum absolute atomic E-state index is 11.8. The van der Waals surface area contributed by atoms with Gasteiger partial charge in [0.05, 0.1) is 11.2 Å². The monoisotopic (exact) mass is 456 g/mol. The van der Waals surface area contributed by atoms with Crippen LogP contribution in [0.2, 0.25) is 10.0 Å². The van der Waals surface area contributed by atoms with Crippen molar-refractivity contribution in [3.05, 3.63) is 69.1 Å². The molecule has 0 radical (unpaired) electrons. The number of halogens is 3. The molecular weight excluding hydrogens is 443 g/mol. The number of hydrogen-bond acceptors (Lipinski definition) is 4. The van der Waals surface area contributed by atoms with Gasteiger partial charge >= 0.3 is 0 Å². The summed E-state index contributed by atoms with van der Waals surface area (Å²) in [6.07, 6.45) is 3.12. The lowest BCUT2D eigenvalue weighted by atomic mass is 10.2. The van der Waals surface area contributed by atoms with Crippen molar-refractivity contribution in [1.29, 1.82) is 0 Å². The number of amides is 1. The van der Waals surface area contributed by atoms with E-state index in [4.69, 9.17) is 32.7 Å². The van der Waals surface area contributed by atoms with Gasteiger partial charge in [0.2, 0.25) is 0 Å². The second-order valence-corrected chi connectivity index (χ2v) is 6.62. The van der Waals surface area contributed by atoms with Crippen LogP contribution in [0.5, 0.6) is 11.5 Å². The molecule has 0 spiro atoms. The Morgan fingerprint density at radius 1 is 1.23 bits per heavy atom. The molecule has 8 heteroatoms. The van der Waals surface area contributed by atoms with E-state index in [2.05, 4.69) is 33.0 Å². The molecule has 1 N–H and O–H groups in total. The van der Waals surface area contributed by atoms with Crippen molar-refractivity contribution in [3.63, 3.8) is 0 Å². The van der Waals surface area contributed by atoms with Gasteiger partial charge in [0.1, 0.15) is 23.1 Å². The summed E-state index contributed by atoms with van der Waals surface area (Å²) in [5.41, 5.74) is 3.07. The number of rotatable bonds is 8. The maximum Gasteiger partial charge on any atom is 0.277 e. The number of carbonyl (C=O) groups is 1. The molecule has 0 heterocycles. The quantitative estimate of drug-likeness (QED) is 0.350. The molecule has 0 aliphatic rings. The molecule has 0 aromatic heterocycles. The highest BCUT2D eigenvalue weighted by Crippen LogP contribution is 2.31. The van der Waals surface area contributed by atoms with E-state index in [1.165, 1.54) is 6.21 Å². The minimum Gasteiger partial charge on any atom is -0.489 e. The fraction of sp³-hybridized carbons (Fsp3) is 0.111. The summed E-state index contributed by atoms with van der Waals surface area (Å²) in [5.74, 6) is 0.499. The van der Waals surface area contributed by atoms with Crippen LogP contribution in [0.25, 0.3) is 0 Å². The maximum atomic E-state index is 11.8. The van der Waals surface area contributed by atoms with Gasteiger partial charge in [0, 0.05) is 10.0 Å². The number of hydrogen-bond donors (Lipinski definition) is 1. The van der Waals surface area contributed by atoms with E-state index in [0.717, 1.165) is 4.47 Å². The number of benzene rings is 2. The van der Waals surface area contributed by atoms with E-state index in [1.807, 2.05) is 12.1 Å². The first-order chi connectivity index (χ1) is 12.5. The smallest absolute Gasteiger partial charge is 0.277 e. The summed E-state index contributed by atoms with van der Waals surface area (Å²) in [4.78, 5) is 11.8. The van der Waals surface area contributed by atoms with Gasteiger partial charge in [-0.1, -0.05) is 57.9 Å². The van der Waals surface area contributed by atoms with Crippen LogP contribution in [-0.2, 0) is 4.79 Å². The Morgan fingerprint density at radius 2 is 2.04 bits per heavy atom. The Balaban J connectivity index is 1.93. The molecule has 0 saturated carbocycles. The fourth-order valence-electron chi connectivity index (χ4n) is 1.85. The number of nitrogens with zero attached hydrogens (tertiary/aromatic N) is 1. The van der Waals surface area contributed by atoms with Crippen LogP contribution in [0, 0.1) is 0 Å². The van der Waals surface area contributed by atoms with Crippen molar-refractivity contribution in [3.8, 4) is 11.5 Å². The first-order valence-corrected chi connectivity index (χ1v) is 8.98. The van der Waals surface area contributed by atoms with E-state index in [-0.39, 0.29) is 11.6 Å². The molecule has 0 bridgehead atoms. The second-order valence-electron chi connectivity index (χ2n) is 4.92. The minimum atomic E-state index is -0.444. The predicted octanol–water partition coefficient (Wildman–Crippen LogP) is 4.85. The summed E-state index contributed by atoms with van der Waals surface area (Å²) in [7, 11) is 0. The van der Waals surface area contributed by atoms with Gasteiger partial charge in [0.25, 0.3) is 5.91 Å². The third-order valence-electron chi connectivity index (χ3n) is 3.00. The Kier molecular flexibility index (Phi) is 7.97. The molecule has 136 valence electrons. The summed E-state index contributed by atoms with van der Waals surface area (Å²) in [6, 6.07) is 10.4. The fourth-order valence-corrected chi connectivity index (χ4v) is 2.57. The molecule has 2 aromatic carbocycles. The standard InChI is InChI=1S/C18H15BrCl2N2O3/c1-2-8-25-15-7-6-13(19)9-12(15)10-22-23-17(24)11-26-16-5-3-4-14(20)18(16)21/h2-7,9-10H,1,8,11H2,(H,23,24). The topological polar surface area (TPSA) is 59.9 Å². The SMILES string of the molecule is C=CCOc1ccc(Br)cc1C=NNC(=O)COc1cccc(Cl)c1Cl. The van der Waals surface area contributed by atoms with Crippen LogP contribution < -0.4 is 14.9 Å². The van der Waals surface area contributed by atoms with Crippen LogP contribution in [0.15, 0.2) is 58.6 Å². The molecule has 1 amide bonds. The predicted molar refractivity (Wildman–Crippen MR) is 108 cm³/mol. The van der Waals surface area contributed by atoms with Crippen molar-refractivity contribution >= 4 is 51.3 Å². The molecule has 0 saturated heterocycles. The molecular formula is C18H15BrCl2N2O3. The Bertz CT molecular complexity index is 828. The second kappa shape index (κ2) is 10.2. The largest absolute Gasteiger partial charge is 0.489 e. The number of ether oxygens (including phenoxy) is 2. The number of hydrazone groups is 1. The average Bonchev–Trinajstić information content (AvgIpc) is 2.62. The Labute approximate surface area is 169 Å². The summed E-state index contributed by atoms with van der Waals surface area (Å²) < 4.78 is 11.7. The van der Waals surface area contributed by atoms with Crippen LogP contribution in [-0.4, -0.2) is 25.3 Å². The lowest BCUT2D eigenvalue weighted by Gasteiger charge is -2.08. The van der Waals surface area contributed by atoms with Crippen molar-refractivity contribution in [1.82, 2.24) is 5.43 Å². The van der Waals surface area contributed by atoms with Gasteiger partial charge in [-0.2, -0.15) is 5.10 Å². The molecule has 0 aliphatic heterocycles.